The lowest BCUT2D eigenvalue weighted by Gasteiger charge is -2.26. The number of sulfonamides is 1. The van der Waals surface area contributed by atoms with Gasteiger partial charge < -0.3 is 14.2 Å². The average molecular weight is 419 g/mol. The van der Waals surface area contributed by atoms with E-state index >= 15 is 0 Å². The molecule has 1 heterocycles. The lowest BCUT2D eigenvalue weighted by molar-refractivity contribution is 0.0600. The molecule has 0 aliphatic carbocycles. The van der Waals surface area contributed by atoms with Crippen molar-refractivity contribution < 1.29 is 27.4 Å². The van der Waals surface area contributed by atoms with Gasteiger partial charge in [0.15, 0.2) is 11.5 Å². The van der Waals surface area contributed by atoms with Crippen LogP contribution in [0.1, 0.15) is 40.4 Å². The molecule has 1 fully saturated rings. The summed E-state index contributed by atoms with van der Waals surface area (Å²) in [5.74, 6) is 0.572. The SMILES string of the molecule is COC(=O)c1ccc(C)c(S(=O)(=O)N2CCCC2c2ccc(OC)c(OC)c2)c1. The zero-order chi connectivity index (χ0) is 21.2. The molecule has 3 rings (SSSR count). The van der Waals surface area contributed by atoms with Crippen LogP contribution in [0.3, 0.4) is 0 Å². The van der Waals surface area contributed by atoms with Crippen molar-refractivity contribution in [2.45, 2.75) is 30.7 Å². The number of rotatable bonds is 6. The Bertz CT molecular complexity index is 1020. The molecule has 29 heavy (non-hydrogen) atoms. The van der Waals surface area contributed by atoms with Gasteiger partial charge in [0.05, 0.1) is 37.8 Å². The Kier molecular flexibility index (Phi) is 6.14. The fraction of sp³-hybridized carbons (Fsp3) is 0.381. The topological polar surface area (TPSA) is 82.1 Å². The van der Waals surface area contributed by atoms with Gasteiger partial charge in [-0.1, -0.05) is 12.1 Å². The molecule has 8 heteroatoms. The molecule has 0 bridgehead atoms. The zero-order valence-electron chi connectivity index (χ0n) is 17.0. The highest BCUT2D eigenvalue weighted by molar-refractivity contribution is 7.89. The van der Waals surface area contributed by atoms with Gasteiger partial charge in [0.1, 0.15) is 0 Å². The highest BCUT2D eigenvalue weighted by Gasteiger charge is 2.37. The van der Waals surface area contributed by atoms with Crippen LogP contribution in [0.4, 0.5) is 0 Å². The normalized spacial score (nSPS) is 17.2. The van der Waals surface area contributed by atoms with Crippen LogP contribution in [0.5, 0.6) is 11.5 Å². The number of hydrogen-bond acceptors (Lipinski definition) is 6. The summed E-state index contributed by atoms with van der Waals surface area (Å²) in [4.78, 5) is 12.0. The molecular weight excluding hydrogens is 394 g/mol. The van der Waals surface area contributed by atoms with Crippen LogP contribution in [0, 0.1) is 6.92 Å². The highest BCUT2D eigenvalue weighted by atomic mass is 32.2. The van der Waals surface area contributed by atoms with Crippen LogP contribution in [0.2, 0.25) is 0 Å². The second-order valence-corrected chi connectivity index (χ2v) is 8.72. The summed E-state index contributed by atoms with van der Waals surface area (Å²) in [6, 6.07) is 9.71. The van der Waals surface area contributed by atoms with Crippen LogP contribution in [0.25, 0.3) is 0 Å². The van der Waals surface area contributed by atoms with Crippen molar-refractivity contribution >= 4 is 16.0 Å². The van der Waals surface area contributed by atoms with Gasteiger partial charge in [-0.3, -0.25) is 0 Å². The molecule has 0 aromatic heterocycles. The molecule has 2 aromatic rings. The number of hydrogen-bond donors (Lipinski definition) is 0. The Hall–Kier alpha value is -2.58. The van der Waals surface area contributed by atoms with Crippen LogP contribution >= 0.6 is 0 Å². The molecule has 156 valence electrons. The van der Waals surface area contributed by atoms with E-state index in [9.17, 15) is 13.2 Å². The minimum absolute atomic E-state index is 0.118. The number of methoxy groups -OCH3 is 3. The highest BCUT2D eigenvalue weighted by Crippen LogP contribution is 2.40. The maximum atomic E-state index is 13.5. The molecule has 1 aliphatic rings. The molecule has 1 atom stereocenters. The van der Waals surface area contributed by atoms with Crippen LogP contribution in [-0.2, 0) is 14.8 Å². The summed E-state index contributed by atoms with van der Waals surface area (Å²) in [6.45, 7) is 2.12. The summed E-state index contributed by atoms with van der Waals surface area (Å²) in [5.41, 5.74) is 1.62. The summed E-state index contributed by atoms with van der Waals surface area (Å²) in [7, 11) is 0.560. The number of esters is 1. The Labute approximate surface area is 171 Å². The molecule has 1 unspecified atom stereocenters. The molecule has 7 nitrogen and oxygen atoms in total. The van der Waals surface area contributed by atoms with Gasteiger partial charge in [-0.25, -0.2) is 13.2 Å². The van der Waals surface area contributed by atoms with Gasteiger partial charge in [0.25, 0.3) is 0 Å². The summed E-state index contributed by atoms with van der Waals surface area (Å²) in [5, 5.41) is 0. The number of carbonyl (C=O) groups excluding carboxylic acids is 1. The van der Waals surface area contributed by atoms with E-state index in [4.69, 9.17) is 14.2 Å². The van der Waals surface area contributed by atoms with E-state index in [1.807, 2.05) is 12.1 Å². The maximum Gasteiger partial charge on any atom is 0.337 e. The third-order valence-electron chi connectivity index (χ3n) is 5.19. The van der Waals surface area contributed by atoms with Crippen molar-refractivity contribution in [3.8, 4) is 11.5 Å². The minimum atomic E-state index is -3.81. The quantitative estimate of drug-likeness (QED) is 0.668. The first-order valence-electron chi connectivity index (χ1n) is 9.26. The van der Waals surface area contributed by atoms with E-state index in [-0.39, 0.29) is 16.5 Å². The number of ether oxygens (including phenoxy) is 3. The predicted molar refractivity (Wildman–Crippen MR) is 108 cm³/mol. The lowest BCUT2D eigenvalue weighted by Crippen LogP contribution is -2.31. The third-order valence-corrected chi connectivity index (χ3v) is 7.24. The van der Waals surface area contributed by atoms with E-state index in [1.54, 1.807) is 39.3 Å². The number of nitrogens with zero attached hydrogens (tertiary/aromatic N) is 1. The zero-order valence-corrected chi connectivity index (χ0v) is 17.8. The van der Waals surface area contributed by atoms with E-state index in [1.165, 1.54) is 17.5 Å². The lowest BCUT2D eigenvalue weighted by atomic mass is 10.0. The maximum absolute atomic E-state index is 13.5. The first-order valence-corrected chi connectivity index (χ1v) is 10.7. The molecule has 1 aliphatic heterocycles. The molecule has 0 radical (unpaired) electrons. The van der Waals surface area contributed by atoms with E-state index in [0.717, 1.165) is 12.0 Å². The van der Waals surface area contributed by atoms with Crippen molar-refractivity contribution in [3.05, 3.63) is 53.1 Å². The Balaban J connectivity index is 2.02. The van der Waals surface area contributed by atoms with Crippen molar-refractivity contribution in [1.29, 1.82) is 0 Å². The fourth-order valence-corrected chi connectivity index (χ4v) is 5.61. The van der Waals surface area contributed by atoms with Gasteiger partial charge in [0.2, 0.25) is 10.0 Å². The van der Waals surface area contributed by atoms with Gasteiger partial charge in [-0.15, -0.1) is 0 Å². The van der Waals surface area contributed by atoms with E-state index in [0.29, 0.717) is 30.0 Å². The van der Waals surface area contributed by atoms with E-state index < -0.39 is 16.0 Å². The summed E-state index contributed by atoms with van der Waals surface area (Å²) in [6.07, 6.45) is 1.44. The predicted octanol–water partition coefficient (Wildman–Crippen LogP) is 3.32. The second kappa shape index (κ2) is 8.42. The molecular formula is C21H25NO6S. The van der Waals surface area contributed by atoms with Crippen molar-refractivity contribution in [2.75, 3.05) is 27.9 Å². The van der Waals surface area contributed by atoms with Gasteiger partial charge in [-0.05, 0) is 55.2 Å². The van der Waals surface area contributed by atoms with Gasteiger partial charge in [-0.2, -0.15) is 4.31 Å². The summed E-state index contributed by atoms with van der Waals surface area (Å²) < 4.78 is 43.9. The van der Waals surface area contributed by atoms with Crippen LogP contribution in [0.15, 0.2) is 41.3 Å². The van der Waals surface area contributed by atoms with E-state index in [2.05, 4.69) is 0 Å². The van der Waals surface area contributed by atoms with Crippen molar-refractivity contribution in [1.82, 2.24) is 4.31 Å². The first kappa shape index (κ1) is 21.1. The molecule has 2 aromatic carbocycles. The Morgan fingerprint density at radius 2 is 1.76 bits per heavy atom. The number of benzene rings is 2. The van der Waals surface area contributed by atoms with Crippen molar-refractivity contribution in [2.24, 2.45) is 0 Å². The fourth-order valence-electron chi connectivity index (χ4n) is 3.67. The largest absolute Gasteiger partial charge is 0.493 e. The Morgan fingerprint density at radius 3 is 2.41 bits per heavy atom. The molecule has 0 spiro atoms. The third kappa shape index (κ3) is 3.95. The van der Waals surface area contributed by atoms with Crippen molar-refractivity contribution in [3.63, 3.8) is 0 Å². The molecule has 1 saturated heterocycles. The monoisotopic (exact) mass is 419 g/mol. The number of aryl methyl sites for hydroxylation is 1. The second-order valence-electron chi connectivity index (χ2n) is 6.86. The summed E-state index contributed by atoms with van der Waals surface area (Å²) >= 11 is 0. The van der Waals surface area contributed by atoms with Crippen LogP contribution in [-0.4, -0.2) is 46.6 Å². The first-order chi connectivity index (χ1) is 13.8. The molecule has 0 N–H and O–H groups in total. The number of carbonyl (C=O) groups is 1. The average Bonchev–Trinajstić information content (AvgIpc) is 3.23. The van der Waals surface area contributed by atoms with Crippen LogP contribution < -0.4 is 9.47 Å². The molecule has 0 amide bonds. The van der Waals surface area contributed by atoms with Gasteiger partial charge in [0, 0.05) is 6.54 Å². The molecule has 0 saturated carbocycles. The van der Waals surface area contributed by atoms with Gasteiger partial charge >= 0.3 is 5.97 Å². The smallest absolute Gasteiger partial charge is 0.337 e. The standard InChI is InChI=1S/C21H25NO6S/c1-14-7-8-16(21(23)28-4)13-20(14)29(24,25)22-11-5-6-17(22)15-9-10-18(26-2)19(12-15)27-3/h7-10,12-13,17H,5-6,11H2,1-4H3. The minimum Gasteiger partial charge on any atom is -0.493 e. The Morgan fingerprint density at radius 1 is 1.03 bits per heavy atom.